The molecule has 9 nitrogen and oxygen atoms in total. The predicted molar refractivity (Wildman–Crippen MR) is 213 cm³/mol. The van der Waals surface area contributed by atoms with Gasteiger partial charge in [0.25, 0.3) is 0 Å². The molecule has 0 rings (SSSR count). The van der Waals surface area contributed by atoms with Crippen molar-refractivity contribution in [3.8, 4) is 0 Å². The van der Waals surface area contributed by atoms with Gasteiger partial charge in [-0.25, -0.2) is 4.79 Å². The lowest BCUT2D eigenvalue weighted by molar-refractivity contribution is -0.147. The van der Waals surface area contributed by atoms with Crippen LogP contribution in [-0.4, -0.2) is 59.3 Å². The second-order valence-corrected chi connectivity index (χ2v) is 13.3. The maximum Gasteiger partial charge on any atom is 0.328 e. The number of carboxylic acid groups (broad SMARTS) is 1. The van der Waals surface area contributed by atoms with Crippen LogP contribution in [0.2, 0.25) is 0 Å². The Kier molecular flexibility index (Phi) is 34.8. The summed E-state index contributed by atoms with van der Waals surface area (Å²) in [5.41, 5.74) is 0. The molecule has 0 aromatic carbocycles. The molecule has 0 saturated heterocycles. The molecule has 0 aromatic heterocycles. The molecule has 2 unspecified atom stereocenters. The Bertz CT molecular complexity index is 1060. The second-order valence-electron chi connectivity index (χ2n) is 13.3. The van der Waals surface area contributed by atoms with Crippen LogP contribution in [0.5, 0.6) is 0 Å². The highest BCUT2D eigenvalue weighted by molar-refractivity contribution is 5.87. The first-order valence-electron chi connectivity index (χ1n) is 20.2. The minimum atomic E-state index is -1.39. The molecule has 9 heteroatoms. The molecule has 0 aromatic rings. The monoisotopic (exact) mass is 729 g/mol. The summed E-state index contributed by atoms with van der Waals surface area (Å²) in [5.74, 6) is -2.43. The molecular formula is C43H72N2O7. The van der Waals surface area contributed by atoms with Gasteiger partial charge < -0.3 is 25.6 Å². The number of nitrogens with one attached hydrogen (secondary N) is 2. The van der Waals surface area contributed by atoms with E-state index in [1.807, 2.05) is 0 Å². The van der Waals surface area contributed by atoms with Gasteiger partial charge in [0.05, 0.1) is 13.2 Å². The summed E-state index contributed by atoms with van der Waals surface area (Å²) in [6.07, 6.45) is 44.0. The third-order valence-electron chi connectivity index (χ3n) is 8.48. The number of rotatable bonds is 35. The Hall–Kier alpha value is -3.46. The fraction of sp³-hybridized carbons (Fsp3) is 0.674. The van der Waals surface area contributed by atoms with Gasteiger partial charge in [-0.2, -0.15) is 0 Å². The summed E-state index contributed by atoms with van der Waals surface area (Å²) in [7, 11) is 0. The van der Waals surface area contributed by atoms with E-state index in [1.54, 1.807) is 0 Å². The summed E-state index contributed by atoms with van der Waals surface area (Å²) in [6, 6.07) is -1.39. The smallest absolute Gasteiger partial charge is 0.328 e. The van der Waals surface area contributed by atoms with E-state index in [2.05, 4.69) is 85.2 Å². The quantitative estimate of drug-likeness (QED) is 0.0289. The van der Waals surface area contributed by atoms with Gasteiger partial charge in [-0.05, 0) is 83.1 Å². The maximum absolute atomic E-state index is 12.7. The zero-order valence-electron chi connectivity index (χ0n) is 32.5. The molecule has 52 heavy (non-hydrogen) atoms. The average molecular weight is 729 g/mol. The number of hydrogen-bond donors (Lipinski definition) is 4. The lowest BCUT2D eigenvalue weighted by Crippen LogP contribution is -2.47. The van der Waals surface area contributed by atoms with Crippen LogP contribution in [0.15, 0.2) is 60.8 Å². The van der Waals surface area contributed by atoms with Gasteiger partial charge in [0.2, 0.25) is 11.8 Å². The summed E-state index contributed by atoms with van der Waals surface area (Å²) in [6.45, 7) is 3.30. The molecule has 0 aliphatic carbocycles. The molecule has 4 N–H and O–H groups in total. The van der Waals surface area contributed by atoms with Crippen LogP contribution in [-0.2, 0) is 23.9 Å². The van der Waals surface area contributed by atoms with Crippen LogP contribution < -0.4 is 10.6 Å². The van der Waals surface area contributed by atoms with Gasteiger partial charge >= 0.3 is 11.9 Å². The van der Waals surface area contributed by atoms with Crippen molar-refractivity contribution in [2.24, 2.45) is 0 Å². The lowest BCUT2D eigenvalue weighted by atomic mass is 10.1. The van der Waals surface area contributed by atoms with Crippen molar-refractivity contribution in [1.29, 1.82) is 0 Å². The molecular weight excluding hydrogens is 656 g/mol. The zero-order valence-corrected chi connectivity index (χ0v) is 32.5. The molecule has 2 amide bonds. The highest BCUT2D eigenvalue weighted by Gasteiger charge is 2.18. The minimum Gasteiger partial charge on any atom is -0.480 e. The van der Waals surface area contributed by atoms with E-state index in [0.29, 0.717) is 12.8 Å². The molecule has 0 radical (unpaired) electrons. The highest BCUT2D eigenvalue weighted by Crippen LogP contribution is 2.15. The van der Waals surface area contributed by atoms with Crippen molar-refractivity contribution in [3.63, 3.8) is 0 Å². The molecule has 0 saturated carbocycles. The normalized spacial score (nSPS) is 13.1. The molecule has 0 aliphatic heterocycles. The first-order valence-corrected chi connectivity index (χ1v) is 20.2. The zero-order chi connectivity index (χ0) is 38.3. The second kappa shape index (κ2) is 37.3. The molecule has 0 heterocycles. The van der Waals surface area contributed by atoms with E-state index in [9.17, 15) is 19.2 Å². The third kappa shape index (κ3) is 33.7. The molecule has 0 bridgehead atoms. The molecule has 2 atom stereocenters. The molecule has 0 fully saturated rings. The van der Waals surface area contributed by atoms with Crippen LogP contribution in [0.25, 0.3) is 0 Å². The van der Waals surface area contributed by atoms with Crippen LogP contribution >= 0.6 is 0 Å². The summed E-state index contributed by atoms with van der Waals surface area (Å²) in [5, 5.41) is 22.5. The van der Waals surface area contributed by atoms with Gasteiger partial charge in [0.1, 0.15) is 12.1 Å². The third-order valence-corrected chi connectivity index (χ3v) is 8.48. The SMILES string of the molecule is CC/C=C\C/C=C\C/C=C\C/C=C\CCCCCCC(=O)OC(/C=C\CCCCCCCC)CCCCCCC(=O)NCC(=O)NC(CO)C(=O)O. The Labute approximate surface area is 315 Å². The number of allylic oxidation sites excluding steroid dienone is 9. The number of esters is 1. The van der Waals surface area contributed by atoms with E-state index >= 15 is 0 Å². The topological polar surface area (TPSA) is 142 Å². The summed E-state index contributed by atoms with van der Waals surface area (Å²) >= 11 is 0. The molecule has 0 aliphatic rings. The molecule has 296 valence electrons. The number of carbonyl (C=O) groups excluding carboxylic acids is 3. The average Bonchev–Trinajstić information content (AvgIpc) is 3.13. The van der Waals surface area contributed by atoms with Crippen LogP contribution in [0.4, 0.5) is 0 Å². The van der Waals surface area contributed by atoms with Crippen molar-refractivity contribution in [2.75, 3.05) is 13.2 Å². The summed E-state index contributed by atoms with van der Waals surface area (Å²) < 4.78 is 5.88. The van der Waals surface area contributed by atoms with Gasteiger partial charge in [-0.15, -0.1) is 0 Å². The largest absolute Gasteiger partial charge is 0.480 e. The van der Waals surface area contributed by atoms with E-state index in [-0.39, 0.29) is 30.9 Å². The van der Waals surface area contributed by atoms with Gasteiger partial charge in [0, 0.05) is 12.8 Å². The fourth-order valence-electron chi connectivity index (χ4n) is 5.38. The van der Waals surface area contributed by atoms with Gasteiger partial charge in [-0.3, -0.25) is 14.4 Å². The number of amides is 2. The number of aliphatic carboxylic acids is 1. The maximum atomic E-state index is 12.7. The van der Waals surface area contributed by atoms with Gasteiger partial charge in [-0.1, -0.05) is 126 Å². The first kappa shape index (κ1) is 48.5. The van der Waals surface area contributed by atoms with E-state index < -0.39 is 24.5 Å². The Morgan fingerprint density at radius 3 is 1.77 bits per heavy atom. The number of unbranched alkanes of at least 4 members (excludes halogenated alkanes) is 13. The first-order chi connectivity index (χ1) is 25.3. The van der Waals surface area contributed by atoms with Crippen LogP contribution in [0.3, 0.4) is 0 Å². The Balaban J connectivity index is 4.34. The van der Waals surface area contributed by atoms with E-state index in [1.165, 1.54) is 32.1 Å². The molecule has 0 spiro atoms. The number of carbonyl (C=O) groups is 4. The van der Waals surface area contributed by atoms with Crippen LogP contribution in [0, 0.1) is 0 Å². The number of ether oxygens (including phenoxy) is 1. The summed E-state index contributed by atoms with van der Waals surface area (Å²) in [4.78, 5) is 47.4. The number of aliphatic hydroxyl groups excluding tert-OH is 1. The number of hydrogen-bond acceptors (Lipinski definition) is 6. The Morgan fingerprint density at radius 1 is 0.615 bits per heavy atom. The lowest BCUT2D eigenvalue weighted by Gasteiger charge is -2.15. The number of aliphatic hydroxyl groups is 1. The van der Waals surface area contributed by atoms with Gasteiger partial charge in [0.15, 0.2) is 0 Å². The van der Waals surface area contributed by atoms with Crippen molar-refractivity contribution in [1.82, 2.24) is 10.6 Å². The highest BCUT2D eigenvalue weighted by atomic mass is 16.5. The standard InChI is InChI=1S/C43H72N2O7/c1-3-5-7-9-11-13-14-15-16-17-18-19-20-21-23-25-31-35-42(49)52-38(32-28-24-22-12-10-8-6-4-2)33-29-26-27-30-34-40(47)44-36-41(48)45-39(37-46)43(50)51/h5,7,11,13,15-16,18-19,28,32,38-39,46H,3-4,6,8-10,12,14,17,20-27,29-31,33-37H2,1-2H3,(H,44,47)(H,45,48)(H,50,51)/b7-5-,13-11-,16-15-,19-18-,32-28-. The predicted octanol–water partition coefficient (Wildman–Crippen LogP) is 9.37. The Morgan fingerprint density at radius 2 is 1.15 bits per heavy atom. The van der Waals surface area contributed by atoms with Crippen molar-refractivity contribution in [3.05, 3.63) is 60.8 Å². The fourth-order valence-corrected chi connectivity index (χ4v) is 5.38. The number of carboxylic acids is 1. The van der Waals surface area contributed by atoms with E-state index in [4.69, 9.17) is 14.9 Å². The minimum absolute atomic E-state index is 0.137. The van der Waals surface area contributed by atoms with Crippen LogP contribution in [0.1, 0.15) is 162 Å². The van der Waals surface area contributed by atoms with Crippen molar-refractivity contribution >= 4 is 23.8 Å². The van der Waals surface area contributed by atoms with Crippen molar-refractivity contribution in [2.45, 2.75) is 174 Å². The van der Waals surface area contributed by atoms with E-state index in [0.717, 1.165) is 96.3 Å². The van der Waals surface area contributed by atoms with Crippen molar-refractivity contribution < 1.29 is 34.1 Å².